The van der Waals surface area contributed by atoms with Gasteiger partial charge in [-0.3, -0.25) is 0 Å². The van der Waals surface area contributed by atoms with Crippen LogP contribution in [0.5, 0.6) is 0 Å². The summed E-state index contributed by atoms with van der Waals surface area (Å²) in [5, 5.41) is 1.72. The first-order chi connectivity index (χ1) is 16.7. The zero-order valence-electron chi connectivity index (χ0n) is 18.7. The van der Waals surface area contributed by atoms with Crippen molar-refractivity contribution in [2.75, 3.05) is 11.5 Å². The molecule has 6 rings (SSSR count). The van der Waals surface area contributed by atoms with Gasteiger partial charge in [0.15, 0.2) is 0 Å². The van der Waals surface area contributed by atoms with Gasteiger partial charge in [0.2, 0.25) is 0 Å². The second kappa shape index (κ2) is 12.6. The summed E-state index contributed by atoms with van der Waals surface area (Å²) in [6, 6.07) is 0. The number of hydrogen-bond donors (Lipinski definition) is 0. The maximum Gasteiger partial charge on any atom is 0.0718 e. The van der Waals surface area contributed by atoms with Crippen LogP contribution in [-0.4, -0.2) is 22.0 Å². The van der Waals surface area contributed by atoms with Crippen LogP contribution in [0.1, 0.15) is 52.4 Å². The Morgan fingerprint density at radius 1 is 0.529 bits per heavy atom. The number of fused-ring (bicyclic) bond motifs is 1. The van der Waals surface area contributed by atoms with Crippen LogP contribution in [0.3, 0.4) is 0 Å². The van der Waals surface area contributed by atoms with Gasteiger partial charge in [-0.25, -0.2) is 0 Å². The molecular formula is C22H24S12. The van der Waals surface area contributed by atoms with Crippen molar-refractivity contribution in [3.63, 3.8) is 0 Å². The molecule has 0 aromatic carbocycles. The summed E-state index contributed by atoms with van der Waals surface area (Å²) >= 11 is 24.9. The molecule has 6 aliphatic rings. The molecule has 1 aliphatic carbocycles. The second-order valence-electron chi connectivity index (χ2n) is 7.99. The highest BCUT2D eigenvalue weighted by Gasteiger charge is 2.41. The van der Waals surface area contributed by atoms with Crippen LogP contribution in [0.25, 0.3) is 0 Å². The molecule has 0 radical (unpaired) electrons. The van der Waals surface area contributed by atoms with Crippen molar-refractivity contribution < 1.29 is 0 Å². The molecular weight excluding hydrogens is 649 g/mol. The normalized spacial score (nSPS) is 29.1. The molecule has 12 heteroatoms. The van der Waals surface area contributed by atoms with Crippen molar-refractivity contribution >= 4 is 141 Å². The lowest BCUT2D eigenvalue weighted by Crippen LogP contribution is -2.26. The van der Waals surface area contributed by atoms with Gasteiger partial charge >= 0.3 is 0 Å². The molecule has 5 aliphatic heterocycles. The van der Waals surface area contributed by atoms with Crippen molar-refractivity contribution in [1.82, 2.24) is 0 Å². The van der Waals surface area contributed by atoms with E-state index >= 15 is 0 Å². The van der Waals surface area contributed by atoms with Gasteiger partial charge in [-0.2, -0.15) is 0 Å². The number of hydrogen-bond acceptors (Lipinski definition) is 12. The van der Waals surface area contributed by atoms with Gasteiger partial charge in [0.1, 0.15) is 0 Å². The summed E-state index contributed by atoms with van der Waals surface area (Å²) < 4.78 is 15.5. The fraction of sp³-hybridized carbons (Fsp3) is 0.545. The van der Waals surface area contributed by atoms with Crippen LogP contribution in [0.4, 0.5) is 0 Å². The summed E-state index contributed by atoms with van der Waals surface area (Å²) in [6.07, 6.45) is 8.19. The first-order valence-corrected chi connectivity index (χ1v) is 21.7. The molecule has 1 saturated carbocycles. The summed E-state index contributed by atoms with van der Waals surface area (Å²) in [5.41, 5.74) is 0. The number of thioether (sulfide) groups is 12. The molecule has 0 aromatic heterocycles. The molecule has 1 fully saturated rings. The van der Waals surface area contributed by atoms with Gasteiger partial charge in [0.05, 0.1) is 42.4 Å². The van der Waals surface area contributed by atoms with E-state index in [9.17, 15) is 0 Å². The molecule has 0 N–H and O–H groups in total. The highest BCUT2D eigenvalue weighted by molar-refractivity contribution is 8.51. The van der Waals surface area contributed by atoms with Gasteiger partial charge in [0, 0.05) is 10.5 Å². The summed E-state index contributed by atoms with van der Waals surface area (Å²) in [4.78, 5) is 0. The molecule has 184 valence electrons. The Labute approximate surface area is 254 Å². The van der Waals surface area contributed by atoms with Crippen molar-refractivity contribution in [2.24, 2.45) is 0 Å². The Bertz CT molecular complexity index is 899. The molecule has 0 saturated heterocycles. The van der Waals surface area contributed by atoms with E-state index in [1.54, 1.807) is 21.2 Å². The predicted molar refractivity (Wildman–Crippen MR) is 183 cm³/mol. The first-order valence-electron chi connectivity index (χ1n) is 11.4. The highest BCUT2D eigenvalue weighted by Crippen LogP contribution is 2.74. The molecule has 0 spiro atoms. The Balaban J connectivity index is 1.09. The van der Waals surface area contributed by atoms with Crippen molar-refractivity contribution in [2.45, 2.75) is 62.9 Å². The third-order valence-corrected chi connectivity index (χ3v) is 24.4. The largest absolute Gasteiger partial charge is 0.117 e. The lowest BCUT2D eigenvalue weighted by atomic mass is 10.00. The zero-order chi connectivity index (χ0) is 23.1. The van der Waals surface area contributed by atoms with E-state index in [4.69, 9.17) is 0 Å². The minimum Gasteiger partial charge on any atom is -0.117 e. The average Bonchev–Trinajstić information content (AvgIpc) is 3.61. The fourth-order valence-electron chi connectivity index (χ4n) is 3.78. The monoisotopic (exact) mass is 672 g/mol. The van der Waals surface area contributed by atoms with Crippen molar-refractivity contribution in [3.05, 3.63) is 42.4 Å². The van der Waals surface area contributed by atoms with Gasteiger partial charge in [-0.05, 0) is 37.2 Å². The highest BCUT2D eigenvalue weighted by atomic mass is 32.3. The van der Waals surface area contributed by atoms with E-state index in [0.717, 1.165) is 10.5 Å². The summed E-state index contributed by atoms with van der Waals surface area (Å²) in [6.45, 7) is 4.57. The van der Waals surface area contributed by atoms with E-state index in [2.05, 4.69) is 84.4 Å². The van der Waals surface area contributed by atoms with Gasteiger partial charge in [-0.1, -0.05) is 121 Å². The van der Waals surface area contributed by atoms with Crippen LogP contribution in [0, 0.1) is 0 Å². The van der Waals surface area contributed by atoms with Gasteiger partial charge < -0.3 is 0 Å². The smallest absolute Gasteiger partial charge is 0.0718 e. The van der Waals surface area contributed by atoms with Crippen molar-refractivity contribution in [1.29, 1.82) is 0 Å². The lowest BCUT2D eigenvalue weighted by Gasteiger charge is -2.34. The molecule has 0 nitrogen and oxygen atoms in total. The van der Waals surface area contributed by atoms with Gasteiger partial charge in [0.25, 0.3) is 0 Å². The standard InChI is InChI=1S/C22H24S12/c1-3-9-23-13-14(24-10-4-2)28-17(27-13)18-31-21-22(32-18)34-20(33-21)19-29-15-16(30-19)26-12-8-6-5-7-11(12)25-15/h11-12H,3-10H2,1-2H3. The Morgan fingerprint density at radius 2 is 0.882 bits per heavy atom. The molecule has 34 heavy (non-hydrogen) atoms. The minimum absolute atomic E-state index is 0.859. The molecule has 5 heterocycles. The summed E-state index contributed by atoms with van der Waals surface area (Å²) in [5.74, 6) is 2.45. The fourth-order valence-corrected chi connectivity index (χ4v) is 23.3. The Morgan fingerprint density at radius 3 is 1.26 bits per heavy atom. The average molecular weight is 673 g/mol. The SMILES string of the molecule is CCCSC1=C(SCCC)SC(=C2SC3=C(S2)SC(=C2SC4=C(S2)SC2CCCCC2S4)S3)S1. The molecule has 2 atom stereocenters. The quantitative estimate of drug-likeness (QED) is 0.263. The van der Waals surface area contributed by atoms with Gasteiger partial charge in [-0.15, -0.1) is 47.0 Å². The van der Waals surface area contributed by atoms with Crippen LogP contribution in [0.15, 0.2) is 42.4 Å². The summed E-state index contributed by atoms with van der Waals surface area (Å²) in [7, 11) is 0. The Kier molecular flexibility index (Phi) is 10.0. The maximum atomic E-state index is 2.29. The van der Waals surface area contributed by atoms with E-state index in [1.165, 1.54) is 71.2 Å². The third-order valence-electron chi connectivity index (χ3n) is 5.35. The topological polar surface area (TPSA) is 0 Å². The van der Waals surface area contributed by atoms with E-state index < -0.39 is 0 Å². The van der Waals surface area contributed by atoms with E-state index in [1.807, 2.05) is 70.6 Å². The first kappa shape index (κ1) is 27.1. The zero-order valence-corrected chi connectivity index (χ0v) is 28.5. The molecule has 2 unspecified atom stereocenters. The lowest BCUT2D eigenvalue weighted by molar-refractivity contribution is 0.528. The molecule has 0 bridgehead atoms. The third kappa shape index (κ3) is 5.98. The Hall–Kier alpha value is 2.90. The van der Waals surface area contributed by atoms with E-state index in [-0.39, 0.29) is 0 Å². The van der Waals surface area contributed by atoms with Crippen molar-refractivity contribution in [3.8, 4) is 0 Å². The van der Waals surface area contributed by atoms with Crippen LogP contribution in [-0.2, 0) is 0 Å². The van der Waals surface area contributed by atoms with Crippen LogP contribution < -0.4 is 0 Å². The van der Waals surface area contributed by atoms with Crippen LogP contribution >= 0.6 is 141 Å². The van der Waals surface area contributed by atoms with E-state index in [0.29, 0.717) is 0 Å². The second-order valence-corrected chi connectivity index (χ2v) is 23.4. The van der Waals surface area contributed by atoms with Crippen LogP contribution in [0.2, 0.25) is 0 Å². The molecule has 0 aromatic rings. The molecule has 0 amide bonds. The number of rotatable bonds is 6. The predicted octanol–water partition coefficient (Wildman–Crippen LogP) is 12.6. The maximum absolute atomic E-state index is 2.29. The minimum atomic E-state index is 0.859.